The fourth-order valence-electron chi connectivity index (χ4n) is 2.96. The van der Waals surface area contributed by atoms with Gasteiger partial charge in [-0.2, -0.15) is 0 Å². The summed E-state index contributed by atoms with van der Waals surface area (Å²) < 4.78 is 5.63. The second kappa shape index (κ2) is 5.23. The van der Waals surface area contributed by atoms with E-state index >= 15 is 0 Å². The Morgan fingerprint density at radius 2 is 1.83 bits per heavy atom. The molecule has 2 nitrogen and oxygen atoms in total. The van der Waals surface area contributed by atoms with Crippen LogP contribution < -0.4 is 0 Å². The molecule has 2 heteroatoms. The van der Waals surface area contributed by atoms with E-state index < -0.39 is 5.60 Å². The largest absolute Gasteiger partial charge is 0.370 e. The number of ether oxygens (including phenoxy) is 1. The quantitative estimate of drug-likeness (QED) is 0.757. The van der Waals surface area contributed by atoms with E-state index in [1.807, 2.05) is 26.0 Å². The van der Waals surface area contributed by atoms with Gasteiger partial charge in [-0.1, -0.05) is 43.0 Å². The summed E-state index contributed by atoms with van der Waals surface area (Å²) in [5.74, 6) is 0.169. The van der Waals surface area contributed by atoms with Gasteiger partial charge < -0.3 is 4.74 Å². The molecule has 0 unspecified atom stereocenters. The third-order valence-electron chi connectivity index (χ3n) is 4.09. The fraction of sp³-hybridized carbons (Fsp3) is 0.562. The Kier molecular flexibility index (Phi) is 3.86. The average molecular weight is 246 g/mol. The molecular weight excluding hydrogens is 224 g/mol. The van der Waals surface area contributed by atoms with Gasteiger partial charge in [-0.05, 0) is 32.3 Å². The lowest BCUT2D eigenvalue weighted by Gasteiger charge is -2.34. The second-order valence-electron chi connectivity index (χ2n) is 5.41. The van der Waals surface area contributed by atoms with Crippen LogP contribution in [0.4, 0.5) is 0 Å². The van der Waals surface area contributed by atoms with Crippen LogP contribution in [0, 0.1) is 13.8 Å². The number of hydrogen-bond acceptors (Lipinski definition) is 2. The lowest BCUT2D eigenvalue weighted by Crippen LogP contribution is -2.42. The van der Waals surface area contributed by atoms with E-state index in [9.17, 15) is 4.79 Å². The van der Waals surface area contributed by atoms with Crippen LogP contribution in [0.25, 0.3) is 0 Å². The van der Waals surface area contributed by atoms with Gasteiger partial charge in [-0.15, -0.1) is 0 Å². The third kappa shape index (κ3) is 2.35. The van der Waals surface area contributed by atoms with Crippen molar-refractivity contribution in [3.63, 3.8) is 0 Å². The number of carbonyl (C=O) groups excluding carboxylic acids is 1. The van der Waals surface area contributed by atoms with E-state index in [0.29, 0.717) is 0 Å². The average Bonchev–Trinajstić information content (AvgIpc) is 2.39. The van der Waals surface area contributed by atoms with Crippen molar-refractivity contribution in [1.29, 1.82) is 0 Å². The van der Waals surface area contributed by atoms with Gasteiger partial charge in [0.1, 0.15) is 5.60 Å². The molecule has 1 aromatic carbocycles. The van der Waals surface area contributed by atoms with Crippen molar-refractivity contribution in [2.24, 2.45) is 0 Å². The third-order valence-corrected chi connectivity index (χ3v) is 4.09. The molecule has 1 fully saturated rings. The first-order valence-corrected chi connectivity index (χ1v) is 6.76. The summed E-state index contributed by atoms with van der Waals surface area (Å²) in [5.41, 5.74) is 2.50. The summed E-state index contributed by atoms with van der Waals surface area (Å²) >= 11 is 0. The molecule has 0 aliphatic heterocycles. The van der Waals surface area contributed by atoms with E-state index in [-0.39, 0.29) is 5.78 Å². The summed E-state index contributed by atoms with van der Waals surface area (Å²) in [6, 6.07) is 6.02. The molecule has 0 radical (unpaired) electrons. The predicted octanol–water partition coefficient (Wildman–Crippen LogP) is 3.84. The molecule has 0 heterocycles. The van der Waals surface area contributed by atoms with Crippen LogP contribution in [0.3, 0.4) is 0 Å². The predicted molar refractivity (Wildman–Crippen MR) is 73.1 cm³/mol. The van der Waals surface area contributed by atoms with Gasteiger partial charge in [0.15, 0.2) is 5.78 Å². The van der Waals surface area contributed by atoms with Crippen molar-refractivity contribution < 1.29 is 9.53 Å². The molecule has 2 rings (SSSR count). The van der Waals surface area contributed by atoms with E-state index in [2.05, 4.69) is 6.07 Å². The maximum atomic E-state index is 12.8. The van der Waals surface area contributed by atoms with Crippen molar-refractivity contribution in [2.45, 2.75) is 51.6 Å². The zero-order valence-corrected chi connectivity index (χ0v) is 11.6. The summed E-state index contributed by atoms with van der Waals surface area (Å²) in [7, 11) is 1.67. The highest BCUT2D eigenvalue weighted by atomic mass is 16.5. The summed E-state index contributed by atoms with van der Waals surface area (Å²) in [5, 5.41) is 0. The molecule has 0 bridgehead atoms. The Balaban J connectivity index is 2.33. The minimum Gasteiger partial charge on any atom is -0.370 e. The highest BCUT2D eigenvalue weighted by molar-refractivity contribution is 6.03. The molecule has 98 valence electrons. The number of carbonyl (C=O) groups is 1. The molecule has 0 N–H and O–H groups in total. The topological polar surface area (TPSA) is 26.3 Å². The molecule has 1 saturated carbocycles. The molecule has 0 aromatic heterocycles. The van der Waals surface area contributed by atoms with Gasteiger partial charge in [-0.25, -0.2) is 0 Å². The lowest BCUT2D eigenvalue weighted by atomic mass is 9.78. The molecule has 1 aliphatic carbocycles. The van der Waals surface area contributed by atoms with Crippen LogP contribution in [0.1, 0.15) is 53.6 Å². The number of hydrogen-bond donors (Lipinski definition) is 0. The SMILES string of the molecule is COC1(C(=O)c2ccc(C)cc2C)CCCCC1. The van der Waals surface area contributed by atoms with Crippen LogP contribution in [-0.2, 0) is 4.74 Å². The number of benzene rings is 1. The maximum absolute atomic E-state index is 12.8. The molecule has 0 saturated heterocycles. The molecule has 0 spiro atoms. The van der Waals surface area contributed by atoms with Crippen LogP contribution in [0.2, 0.25) is 0 Å². The van der Waals surface area contributed by atoms with Crippen molar-refractivity contribution in [3.05, 3.63) is 34.9 Å². The normalized spacial score (nSPS) is 18.6. The van der Waals surface area contributed by atoms with Crippen LogP contribution >= 0.6 is 0 Å². The Hall–Kier alpha value is -1.15. The van der Waals surface area contributed by atoms with Crippen LogP contribution in [0.15, 0.2) is 18.2 Å². The highest BCUT2D eigenvalue weighted by Crippen LogP contribution is 2.34. The Bertz CT molecular complexity index is 442. The fourth-order valence-corrected chi connectivity index (χ4v) is 2.96. The van der Waals surface area contributed by atoms with Gasteiger partial charge in [0, 0.05) is 12.7 Å². The van der Waals surface area contributed by atoms with Crippen molar-refractivity contribution in [3.8, 4) is 0 Å². The maximum Gasteiger partial charge on any atom is 0.194 e. The number of ketones is 1. The number of methoxy groups -OCH3 is 1. The molecule has 18 heavy (non-hydrogen) atoms. The van der Waals surface area contributed by atoms with Gasteiger partial charge in [0.2, 0.25) is 0 Å². The second-order valence-corrected chi connectivity index (χ2v) is 5.41. The van der Waals surface area contributed by atoms with Gasteiger partial charge in [0.25, 0.3) is 0 Å². The van der Waals surface area contributed by atoms with Crippen LogP contribution in [0.5, 0.6) is 0 Å². The highest BCUT2D eigenvalue weighted by Gasteiger charge is 2.40. The zero-order chi connectivity index (χ0) is 13.2. The first-order chi connectivity index (χ1) is 8.59. The number of Topliss-reactive ketones (excluding diaryl/α,β-unsaturated/α-hetero) is 1. The number of aryl methyl sites for hydroxylation is 2. The Morgan fingerprint density at radius 3 is 2.39 bits per heavy atom. The first-order valence-electron chi connectivity index (χ1n) is 6.76. The van der Waals surface area contributed by atoms with Gasteiger partial charge in [0.05, 0.1) is 0 Å². The Labute approximate surface area is 109 Å². The molecular formula is C16H22O2. The first kappa shape index (κ1) is 13.3. The van der Waals surface area contributed by atoms with Gasteiger partial charge in [-0.3, -0.25) is 4.79 Å². The monoisotopic (exact) mass is 246 g/mol. The summed E-state index contributed by atoms with van der Waals surface area (Å²) in [6.45, 7) is 4.06. The molecule has 0 amide bonds. The van der Waals surface area contributed by atoms with Crippen molar-refractivity contribution in [1.82, 2.24) is 0 Å². The van der Waals surface area contributed by atoms with Crippen molar-refractivity contribution >= 4 is 5.78 Å². The van der Waals surface area contributed by atoms with E-state index in [1.54, 1.807) is 7.11 Å². The van der Waals surface area contributed by atoms with E-state index in [1.165, 1.54) is 12.0 Å². The minimum absolute atomic E-state index is 0.169. The Morgan fingerprint density at radius 1 is 1.17 bits per heavy atom. The zero-order valence-electron chi connectivity index (χ0n) is 11.6. The summed E-state index contributed by atoms with van der Waals surface area (Å²) in [4.78, 5) is 12.8. The number of rotatable bonds is 3. The molecule has 1 aliphatic rings. The van der Waals surface area contributed by atoms with Gasteiger partial charge >= 0.3 is 0 Å². The summed E-state index contributed by atoms with van der Waals surface area (Å²) in [6.07, 6.45) is 5.10. The minimum atomic E-state index is -0.571. The van der Waals surface area contributed by atoms with Crippen LogP contribution in [-0.4, -0.2) is 18.5 Å². The molecule has 0 atom stereocenters. The van der Waals surface area contributed by atoms with Crippen molar-refractivity contribution in [2.75, 3.05) is 7.11 Å². The standard InChI is InChI=1S/C16H22O2/c1-12-7-8-14(13(2)11-12)15(17)16(18-3)9-5-4-6-10-16/h7-8,11H,4-6,9-10H2,1-3H3. The molecule has 1 aromatic rings. The van der Waals surface area contributed by atoms with E-state index in [4.69, 9.17) is 4.74 Å². The van der Waals surface area contributed by atoms with E-state index in [0.717, 1.165) is 36.8 Å². The smallest absolute Gasteiger partial charge is 0.194 e. The lowest BCUT2D eigenvalue weighted by molar-refractivity contribution is -0.0194.